The Labute approximate surface area is 216 Å². The summed E-state index contributed by atoms with van der Waals surface area (Å²) in [6.07, 6.45) is 5.52. The fourth-order valence-corrected chi connectivity index (χ4v) is 4.40. The zero-order chi connectivity index (χ0) is 25.8. The van der Waals surface area contributed by atoms with Gasteiger partial charge in [0.05, 0.1) is 23.1 Å². The van der Waals surface area contributed by atoms with Gasteiger partial charge in [0.2, 0.25) is 5.95 Å². The first-order chi connectivity index (χ1) is 18.0. The van der Waals surface area contributed by atoms with E-state index in [1.807, 2.05) is 61.1 Å². The maximum atomic E-state index is 6.32. The molecule has 9 heteroatoms. The first-order valence-electron chi connectivity index (χ1n) is 12.5. The lowest BCUT2D eigenvalue weighted by molar-refractivity contribution is 0.282. The number of rotatable bonds is 8. The Morgan fingerprint density at radius 2 is 1.92 bits per heavy atom. The second kappa shape index (κ2) is 10.8. The van der Waals surface area contributed by atoms with Crippen LogP contribution < -0.4 is 15.4 Å². The van der Waals surface area contributed by atoms with Crippen molar-refractivity contribution in [1.29, 1.82) is 0 Å². The summed E-state index contributed by atoms with van der Waals surface area (Å²) in [5.74, 6) is 2.35. The third kappa shape index (κ3) is 5.31. The summed E-state index contributed by atoms with van der Waals surface area (Å²) in [5, 5.41) is 7.57. The van der Waals surface area contributed by atoms with Crippen molar-refractivity contribution in [2.45, 2.75) is 26.8 Å². The van der Waals surface area contributed by atoms with Gasteiger partial charge in [0.25, 0.3) is 0 Å². The molecule has 1 fully saturated rings. The average Bonchev–Trinajstić information content (AvgIpc) is 3.38. The smallest absolute Gasteiger partial charge is 0.228 e. The molecule has 1 aliphatic rings. The third-order valence-corrected chi connectivity index (χ3v) is 6.44. The lowest BCUT2D eigenvalue weighted by Gasteiger charge is -2.31. The van der Waals surface area contributed by atoms with Gasteiger partial charge in [-0.25, -0.2) is 19.9 Å². The van der Waals surface area contributed by atoms with E-state index in [-0.39, 0.29) is 6.04 Å². The summed E-state index contributed by atoms with van der Waals surface area (Å²) in [4.78, 5) is 20.5. The molecule has 0 unspecified atom stereocenters. The van der Waals surface area contributed by atoms with Crippen LogP contribution in [0.2, 0.25) is 0 Å². The number of fused-ring (bicyclic) bond motifs is 3. The van der Waals surface area contributed by atoms with Crippen molar-refractivity contribution in [3.63, 3.8) is 0 Å². The van der Waals surface area contributed by atoms with Crippen LogP contribution in [0.15, 0.2) is 83.3 Å². The Morgan fingerprint density at radius 1 is 1.14 bits per heavy atom. The van der Waals surface area contributed by atoms with Crippen LogP contribution in [0.3, 0.4) is 0 Å². The number of nitrogens with one attached hydrogen (secondary N) is 2. The standard InChI is InChI=1S/C28H32N8O/c1-19(2)36-18-32-23-11-10-21-17-31-28(34-26(21)27(23)36)33-25(29-4)16-24(37-22-8-6-5-7-9-22)20(3)35-14-12-30-13-15-35/h5-11,16-19,30H,4,12-15H2,1-3H3,(H,31,33,34)/b24-20-,25-16+. The predicted molar refractivity (Wildman–Crippen MR) is 149 cm³/mol. The van der Waals surface area contributed by atoms with E-state index < -0.39 is 0 Å². The topological polar surface area (TPSA) is 92.5 Å². The fraction of sp³-hybridized carbons (Fsp3) is 0.286. The van der Waals surface area contributed by atoms with Gasteiger partial charge in [-0.2, -0.15) is 0 Å². The summed E-state index contributed by atoms with van der Waals surface area (Å²) in [5.41, 5.74) is 3.74. The molecule has 0 bridgehead atoms. The van der Waals surface area contributed by atoms with Gasteiger partial charge in [-0.15, -0.1) is 0 Å². The van der Waals surface area contributed by atoms with Gasteiger partial charge < -0.3 is 24.8 Å². The Kier molecular flexibility index (Phi) is 7.14. The Hall–Kier alpha value is -4.24. The van der Waals surface area contributed by atoms with E-state index in [4.69, 9.17) is 9.72 Å². The Morgan fingerprint density at radius 3 is 2.65 bits per heavy atom. The molecule has 2 aromatic carbocycles. The molecule has 0 saturated carbocycles. The monoisotopic (exact) mass is 496 g/mol. The SMILES string of the molecule is C=N/C(=C\C(Oc1ccccc1)=C(/C)N1CCNCC1)Nc1ncc2ccc3ncn(C(C)C)c3c2n1. The summed E-state index contributed by atoms with van der Waals surface area (Å²) in [7, 11) is 0. The molecular weight excluding hydrogens is 464 g/mol. The van der Waals surface area contributed by atoms with Gasteiger partial charge in [0.15, 0.2) is 0 Å². The van der Waals surface area contributed by atoms with Crippen molar-refractivity contribution < 1.29 is 4.74 Å². The van der Waals surface area contributed by atoms with Gasteiger partial charge in [-0.3, -0.25) is 0 Å². The van der Waals surface area contributed by atoms with Crippen molar-refractivity contribution in [2.75, 3.05) is 31.5 Å². The van der Waals surface area contributed by atoms with Crippen molar-refractivity contribution in [3.8, 4) is 5.75 Å². The molecule has 37 heavy (non-hydrogen) atoms. The molecule has 3 heterocycles. The minimum Gasteiger partial charge on any atom is -0.455 e. The molecule has 0 radical (unpaired) electrons. The highest BCUT2D eigenvalue weighted by atomic mass is 16.5. The summed E-state index contributed by atoms with van der Waals surface area (Å²) >= 11 is 0. The first kappa shape index (κ1) is 24.5. The predicted octanol–water partition coefficient (Wildman–Crippen LogP) is 4.73. The maximum Gasteiger partial charge on any atom is 0.228 e. The number of aromatic nitrogens is 4. The zero-order valence-electron chi connectivity index (χ0n) is 21.5. The molecule has 4 aromatic rings. The largest absolute Gasteiger partial charge is 0.455 e. The molecule has 0 amide bonds. The van der Waals surface area contributed by atoms with Gasteiger partial charge >= 0.3 is 0 Å². The minimum absolute atomic E-state index is 0.253. The van der Waals surface area contributed by atoms with Crippen LogP contribution in [0.5, 0.6) is 5.75 Å². The van der Waals surface area contributed by atoms with Crippen LogP contribution in [0.4, 0.5) is 5.95 Å². The van der Waals surface area contributed by atoms with E-state index in [0.29, 0.717) is 17.5 Å². The third-order valence-electron chi connectivity index (χ3n) is 6.44. The van der Waals surface area contributed by atoms with Crippen LogP contribution in [-0.4, -0.2) is 57.3 Å². The van der Waals surface area contributed by atoms with Crippen LogP contribution in [0, 0.1) is 0 Å². The first-order valence-corrected chi connectivity index (χ1v) is 12.5. The number of hydrogen-bond donors (Lipinski definition) is 2. The number of benzene rings is 2. The number of hydrogen-bond acceptors (Lipinski definition) is 8. The molecule has 5 rings (SSSR count). The number of aliphatic imine (C=N–C) groups is 1. The quantitative estimate of drug-likeness (QED) is 0.207. The summed E-state index contributed by atoms with van der Waals surface area (Å²) in [6.45, 7) is 13.8. The van der Waals surface area contributed by atoms with Gasteiger partial charge in [0.1, 0.15) is 22.8 Å². The highest BCUT2D eigenvalue weighted by Gasteiger charge is 2.16. The number of piperazine rings is 1. The summed E-state index contributed by atoms with van der Waals surface area (Å²) in [6, 6.07) is 14.0. The molecule has 1 saturated heterocycles. The molecule has 0 atom stereocenters. The second-order valence-corrected chi connectivity index (χ2v) is 9.22. The number of allylic oxidation sites excluding steroid dienone is 2. The number of nitrogens with zero attached hydrogens (tertiary/aromatic N) is 6. The van der Waals surface area contributed by atoms with Crippen molar-refractivity contribution in [1.82, 2.24) is 29.7 Å². The molecule has 2 aromatic heterocycles. The van der Waals surface area contributed by atoms with Gasteiger partial charge in [-0.1, -0.05) is 18.2 Å². The maximum absolute atomic E-state index is 6.32. The highest BCUT2D eigenvalue weighted by molar-refractivity contribution is 6.02. The van der Waals surface area contributed by atoms with Crippen molar-refractivity contribution >= 4 is 34.6 Å². The van der Waals surface area contributed by atoms with E-state index in [0.717, 1.165) is 59.6 Å². The fourth-order valence-electron chi connectivity index (χ4n) is 4.40. The molecular formula is C28H32N8O. The molecule has 0 spiro atoms. The lowest BCUT2D eigenvalue weighted by Crippen LogP contribution is -2.42. The number of para-hydroxylation sites is 1. The molecule has 190 valence electrons. The number of imidazole rings is 1. The van der Waals surface area contributed by atoms with E-state index in [1.165, 1.54) is 0 Å². The summed E-state index contributed by atoms with van der Waals surface area (Å²) < 4.78 is 8.45. The van der Waals surface area contributed by atoms with E-state index >= 15 is 0 Å². The minimum atomic E-state index is 0.253. The van der Waals surface area contributed by atoms with Gasteiger partial charge in [0, 0.05) is 49.9 Å². The molecule has 9 nitrogen and oxygen atoms in total. The van der Waals surface area contributed by atoms with E-state index in [2.05, 4.69) is 62.5 Å². The highest BCUT2D eigenvalue weighted by Crippen LogP contribution is 2.27. The van der Waals surface area contributed by atoms with Crippen molar-refractivity contribution in [3.05, 3.63) is 78.3 Å². The Balaban J connectivity index is 1.52. The molecule has 2 N–H and O–H groups in total. The van der Waals surface area contributed by atoms with Crippen LogP contribution >= 0.6 is 0 Å². The van der Waals surface area contributed by atoms with Crippen LogP contribution in [0.1, 0.15) is 26.8 Å². The van der Waals surface area contributed by atoms with Crippen LogP contribution in [0.25, 0.3) is 21.9 Å². The zero-order valence-corrected chi connectivity index (χ0v) is 21.5. The average molecular weight is 497 g/mol. The number of ether oxygens (including phenoxy) is 1. The van der Waals surface area contributed by atoms with E-state index in [9.17, 15) is 0 Å². The van der Waals surface area contributed by atoms with Crippen LogP contribution in [-0.2, 0) is 0 Å². The van der Waals surface area contributed by atoms with E-state index in [1.54, 1.807) is 0 Å². The molecule has 1 aliphatic heterocycles. The molecule has 0 aliphatic carbocycles. The van der Waals surface area contributed by atoms with Gasteiger partial charge in [-0.05, 0) is 51.8 Å². The van der Waals surface area contributed by atoms with Crippen molar-refractivity contribution in [2.24, 2.45) is 4.99 Å². The number of anilines is 1. The second-order valence-electron chi connectivity index (χ2n) is 9.22. The Bertz CT molecular complexity index is 1470. The lowest BCUT2D eigenvalue weighted by atomic mass is 10.2. The normalized spacial score (nSPS) is 15.2.